The molecule has 10 heteroatoms. The van der Waals surface area contributed by atoms with E-state index >= 15 is 0 Å². The number of hydrogen-bond donors (Lipinski definition) is 0. The quantitative estimate of drug-likeness (QED) is 0.446. The van der Waals surface area contributed by atoms with E-state index in [2.05, 4.69) is 0 Å². The smallest absolute Gasteiger partial charge is 0.272 e. The molecule has 1 aromatic carbocycles. The maximum absolute atomic E-state index is 12.5. The summed E-state index contributed by atoms with van der Waals surface area (Å²) >= 11 is 0. The third-order valence-corrected chi connectivity index (χ3v) is 6.55. The molecule has 1 heterocycles. The molecule has 1 aliphatic heterocycles. The predicted molar refractivity (Wildman–Crippen MR) is 81.0 cm³/mol. The second kappa shape index (κ2) is 5.33. The van der Waals surface area contributed by atoms with Crippen LogP contribution in [-0.2, 0) is 24.0 Å². The van der Waals surface area contributed by atoms with E-state index in [0.717, 1.165) is 37.5 Å². The van der Waals surface area contributed by atoms with Gasteiger partial charge in [-0.25, -0.2) is 0 Å². The van der Waals surface area contributed by atoms with Crippen LogP contribution in [0.5, 0.6) is 0 Å². The Labute approximate surface area is 142 Å². The van der Waals surface area contributed by atoms with Gasteiger partial charge in [-0.2, -0.15) is 8.42 Å². The minimum Gasteiger partial charge on any atom is -0.272 e. The second-order valence-electron chi connectivity index (χ2n) is 6.64. The summed E-state index contributed by atoms with van der Waals surface area (Å²) < 4.78 is 29.5. The Hall–Kier alpha value is -2.33. The van der Waals surface area contributed by atoms with E-state index in [-0.39, 0.29) is 11.8 Å². The lowest BCUT2D eigenvalue weighted by molar-refractivity contribution is -0.385. The second-order valence-corrected chi connectivity index (χ2v) is 8.17. The number of carbonyl (C=O) groups is 2. The molecule has 0 spiro atoms. The summed E-state index contributed by atoms with van der Waals surface area (Å²) in [5.74, 6) is -2.08. The number of carbonyl (C=O) groups excluding carboxylic acids is 2. The highest BCUT2D eigenvalue weighted by Crippen LogP contribution is 2.56. The minimum absolute atomic E-state index is 0.0977. The van der Waals surface area contributed by atoms with Gasteiger partial charge in [-0.15, -0.1) is 9.35 Å². The van der Waals surface area contributed by atoms with Crippen LogP contribution in [0.25, 0.3) is 0 Å². The fourth-order valence-electron chi connectivity index (χ4n) is 4.35. The third-order valence-electron chi connectivity index (χ3n) is 5.38. The number of non-ortho nitro benzene ring substituents is 1. The summed E-state index contributed by atoms with van der Waals surface area (Å²) in [5.41, 5.74) is -0.432. The summed E-state index contributed by atoms with van der Waals surface area (Å²) in [6.45, 7) is 0. The average Bonchev–Trinajstić information content (AvgIpc) is 3.25. The molecule has 2 amide bonds. The average molecular weight is 366 g/mol. The molecule has 0 aromatic heterocycles. The molecule has 0 radical (unpaired) electrons. The Morgan fingerprint density at radius 2 is 1.72 bits per heavy atom. The number of hydrogen-bond acceptors (Lipinski definition) is 7. The van der Waals surface area contributed by atoms with Crippen LogP contribution in [0.4, 0.5) is 5.69 Å². The van der Waals surface area contributed by atoms with Crippen molar-refractivity contribution < 1.29 is 27.2 Å². The van der Waals surface area contributed by atoms with Crippen molar-refractivity contribution in [1.29, 1.82) is 0 Å². The fourth-order valence-corrected chi connectivity index (χ4v) is 5.29. The molecule has 4 rings (SSSR count). The van der Waals surface area contributed by atoms with E-state index in [0.29, 0.717) is 5.06 Å². The molecule has 9 nitrogen and oxygen atoms in total. The first kappa shape index (κ1) is 16.2. The highest BCUT2D eigenvalue weighted by atomic mass is 32.2. The van der Waals surface area contributed by atoms with E-state index in [1.807, 2.05) is 0 Å². The van der Waals surface area contributed by atoms with Crippen LogP contribution < -0.4 is 0 Å². The molecule has 4 atom stereocenters. The molecular formula is C15H14N2O7S. The van der Waals surface area contributed by atoms with Crippen LogP contribution in [0.15, 0.2) is 29.2 Å². The topological polar surface area (TPSA) is 124 Å². The van der Waals surface area contributed by atoms with Gasteiger partial charge in [0.05, 0.1) is 16.8 Å². The standard InChI is InChI=1S/C15H14N2O7S/c18-14-12-8-4-5-9(6-8)13(12)15(19)16(14)24-25(22,23)11-3-1-2-10(7-11)17(20)21/h1-3,7-9,12-13H,4-6H2/t8-,9-,12-,13+/m0/s1. The number of nitro benzene ring substituents is 1. The van der Waals surface area contributed by atoms with Crippen molar-refractivity contribution in [2.45, 2.75) is 24.2 Å². The van der Waals surface area contributed by atoms with Gasteiger partial charge in [-0.1, -0.05) is 6.07 Å². The highest BCUT2D eigenvalue weighted by molar-refractivity contribution is 7.86. The molecule has 25 heavy (non-hydrogen) atoms. The predicted octanol–water partition coefficient (Wildman–Crippen LogP) is 1.25. The number of hydroxylamine groups is 2. The maximum Gasteiger partial charge on any atom is 0.318 e. The Bertz CT molecular complexity index is 869. The zero-order valence-electron chi connectivity index (χ0n) is 12.9. The molecule has 2 saturated carbocycles. The van der Waals surface area contributed by atoms with Crippen LogP contribution in [0, 0.1) is 33.8 Å². The van der Waals surface area contributed by atoms with Gasteiger partial charge in [-0.05, 0) is 37.2 Å². The zero-order valence-corrected chi connectivity index (χ0v) is 13.7. The lowest BCUT2D eigenvalue weighted by Crippen LogP contribution is -2.35. The number of nitro groups is 1. The first-order valence-electron chi connectivity index (χ1n) is 7.86. The van der Waals surface area contributed by atoms with Gasteiger partial charge >= 0.3 is 10.1 Å². The van der Waals surface area contributed by atoms with Gasteiger partial charge in [0.25, 0.3) is 17.5 Å². The van der Waals surface area contributed by atoms with Crippen LogP contribution in [-0.4, -0.2) is 30.2 Å². The summed E-state index contributed by atoms with van der Waals surface area (Å²) in [6.07, 6.45) is 2.53. The van der Waals surface area contributed by atoms with Crippen LogP contribution in [0.3, 0.4) is 0 Å². The number of amides is 2. The fraction of sp³-hybridized carbons (Fsp3) is 0.467. The molecule has 0 N–H and O–H groups in total. The Balaban J connectivity index is 1.61. The molecule has 3 aliphatic rings. The number of benzene rings is 1. The first-order chi connectivity index (χ1) is 11.8. The Morgan fingerprint density at radius 3 is 2.28 bits per heavy atom. The van der Waals surface area contributed by atoms with Gasteiger partial charge in [0.1, 0.15) is 4.90 Å². The van der Waals surface area contributed by atoms with E-state index < -0.39 is 49.3 Å². The summed E-state index contributed by atoms with van der Waals surface area (Å²) in [5, 5.41) is 11.1. The van der Waals surface area contributed by atoms with Crippen molar-refractivity contribution in [2.75, 3.05) is 0 Å². The monoisotopic (exact) mass is 366 g/mol. The van der Waals surface area contributed by atoms with E-state index in [4.69, 9.17) is 4.28 Å². The largest absolute Gasteiger partial charge is 0.318 e. The van der Waals surface area contributed by atoms with Gasteiger partial charge in [0, 0.05) is 12.1 Å². The summed E-state index contributed by atoms with van der Waals surface area (Å²) in [7, 11) is -4.53. The number of fused-ring (bicyclic) bond motifs is 5. The van der Waals surface area contributed by atoms with Crippen molar-refractivity contribution in [3.63, 3.8) is 0 Å². The number of imide groups is 1. The highest BCUT2D eigenvalue weighted by Gasteiger charge is 2.62. The molecule has 3 fully saturated rings. The Kier molecular flexibility index (Phi) is 3.45. The van der Waals surface area contributed by atoms with Crippen LogP contribution in [0.2, 0.25) is 0 Å². The maximum atomic E-state index is 12.5. The molecule has 1 saturated heterocycles. The lowest BCUT2D eigenvalue weighted by Gasteiger charge is -2.18. The minimum atomic E-state index is -4.53. The molecule has 2 aliphatic carbocycles. The lowest BCUT2D eigenvalue weighted by atomic mass is 9.81. The van der Waals surface area contributed by atoms with Crippen LogP contribution >= 0.6 is 0 Å². The Morgan fingerprint density at radius 1 is 1.12 bits per heavy atom. The first-order valence-corrected chi connectivity index (χ1v) is 9.27. The van der Waals surface area contributed by atoms with Crippen molar-refractivity contribution in [3.05, 3.63) is 34.4 Å². The zero-order chi connectivity index (χ0) is 17.9. The molecule has 2 bridgehead atoms. The van der Waals surface area contributed by atoms with E-state index in [1.54, 1.807) is 0 Å². The molecule has 1 aromatic rings. The van der Waals surface area contributed by atoms with Gasteiger partial charge in [0.15, 0.2) is 0 Å². The van der Waals surface area contributed by atoms with Crippen molar-refractivity contribution >= 4 is 27.6 Å². The van der Waals surface area contributed by atoms with Gasteiger partial charge < -0.3 is 0 Å². The SMILES string of the molecule is O=C1[C@@H]2[C@H]3CC[C@@H](C3)[C@@H]2C(=O)N1OS(=O)(=O)c1cccc([N+](=O)[O-])c1. The molecule has 0 unspecified atom stereocenters. The van der Waals surface area contributed by atoms with E-state index in [9.17, 15) is 28.1 Å². The third kappa shape index (κ3) is 2.35. The van der Waals surface area contributed by atoms with E-state index in [1.165, 1.54) is 6.07 Å². The molecular weight excluding hydrogens is 352 g/mol. The van der Waals surface area contributed by atoms with Crippen molar-refractivity contribution in [2.24, 2.45) is 23.7 Å². The van der Waals surface area contributed by atoms with Crippen molar-refractivity contribution in [1.82, 2.24) is 5.06 Å². The molecule has 132 valence electrons. The summed E-state index contributed by atoms with van der Waals surface area (Å²) in [6, 6.07) is 4.26. The van der Waals surface area contributed by atoms with Gasteiger partial charge in [0.2, 0.25) is 0 Å². The summed E-state index contributed by atoms with van der Waals surface area (Å²) in [4.78, 5) is 34.5. The normalized spacial score (nSPS) is 30.8. The van der Waals surface area contributed by atoms with Crippen molar-refractivity contribution in [3.8, 4) is 0 Å². The van der Waals surface area contributed by atoms with Gasteiger partial charge in [-0.3, -0.25) is 19.7 Å². The number of rotatable bonds is 4. The van der Waals surface area contributed by atoms with Crippen LogP contribution in [0.1, 0.15) is 19.3 Å². The number of nitrogens with zero attached hydrogens (tertiary/aromatic N) is 2.